The summed E-state index contributed by atoms with van der Waals surface area (Å²) < 4.78 is 26.5. The number of likely N-dealkylation sites (tertiary alicyclic amines) is 1. The lowest BCUT2D eigenvalue weighted by molar-refractivity contribution is 0.193. The van der Waals surface area contributed by atoms with Gasteiger partial charge >= 0.3 is 6.03 Å². The standard InChI is InChI=1S/C18H29N7O3S/c1-18(2,3)29(27,28)21-15-9-11-25(12-10-15)17(26)19-14-7-5-13(6-8-14)16-20-22-23-24(16)4/h5-8,15,21-23H,9-12H2,1-4H3,(H,19,26). The maximum absolute atomic E-state index is 12.5. The Hall–Kier alpha value is -2.37. The molecule has 10 nitrogen and oxygen atoms in total. The summed E-state index contributed by atoms with van der Waals surface area (Å²) in [6, 6.07) is 7.08. The minimum Gasteiger partial charge on any atom is -0.324 e. The summed E-state index contributed by atoms with van der Waals surface area (Å²) >= 11 is 0. The van der Waals surface area contributed by atoms with Crippen LogP contribution in [0.15, 0.2) is 29.4 Å². The summed E-state index contributed by atoms with van der Waals surface area (Å²) in [6.07, 6.45) is 1.18. The van der Waals surface area contributed by atoms with Crippen LogP contribution in [0.4, 0.5) is 10.5 Å². The van der Waals surface area contributed by atoms with Gasteiger partial charge < -0.3 is 10.2 Å². The SMILES string of the molecule is CN1NNN=C1c1ccc(NC(=O)N2CCC(NS(=O)(=O)C(C)(C)C)CC2)cc1. The Morgan fingerprint density at radius 2 is 1.79 bits per heavy atom. The van der Waals surface area contributed by atoms with E-state index in [9.17, 15) is 13.2 Å². The zero-order valence-electron chi connectivity index (χ0n) is 17.2. The molecule has 0 spiro atoms. The highest BCUT2D eigenvalue weighted by molar-refractivity contribution is 7.90. The number of rotatable bonds is 4. The fourth-order valence-corrected chi connectivity index (χ4v) is 4.07. The fourth-order valence-electron chi connectivity index (χ4n) is 3.04. The number of sulfonamides is 1. The van der Waals surface area contributed by atoms with Gasteiger partial charge in [0, 0.05) is 37.4 Å². The highest BCUT2D eigenvalue weighted by Crippen LogP contribution is 2.19. The fraction of sp³-hybridized carbons (Fsp3) is 0.556. The molecular weight excluding hydrogens is 394 g/mol. The molecule has 2 heterocycles. The quantitative estimate of drug-likeness (QED) is 0.574. The van der Waals surface area contributed by atoms with Crippen molar-refractivity contribution in [3.63, 3.8) is 0 Å². The van der Waals surface area contributed by atoms with E-state index in [0.717, 1.165) is 11.4 Å². The highest BCUT2D eigenvalue weighted by atomic mass is 32.2. The van der Waals surface area contributed by atoms with E-state index in [1.54, 1.807) is 30.7 Å². The van der Waals surface area contributed by atoms with Crippen LogP contribution in [0.3, 0.4) is 0 Å². The van der Waals surface area contributed by atoms with Crippen molar-refractivity contribution in [3.05, 3.63) is 29.8 Å². The topological polar surface area (TPSA) is 118 Å². The average Bonchev–Trinajstić information content (AvgIpc) is 3.07. The number of hydrogen-bond acceptors (Lipinski definition) is 7. The summed E-state index contributed by atoms with van der Waals surface area (Å²) in [6.45, 7) is 6.02. The highest BCUT2D eigenvalue weighted by Gasteiger charge is 2.33. The van der Waals surface area contributed by atoms with Crippen LogP contribution in [0.2, 0.25) is 0 Å². The van der Waals surface area contributed by atoms with E-state index in [1.807, 2.05) is 31.3 Å². The van der Waals surface area contributed by atoms with Crippen molar-refractivity contribution in [1.29, 1.82) is 0 Å². The van der Waals surface area contributed by atoms with E-state index >= 15 is 0 Å². The number of nitrogens with zero attached hydrogens (tertiary/aromatic N) is 3. The molecule has 0 saturated carbocycles. The normalized spacial score (nSPS) is 18.4. The first-order valence-corrected chi connectivity index (χ1v) is 11.1. The molecule has 0 radical (unpaired) electrons. The molecule has 0 unspecified atom stereocenters. The molecule has 0 bridgehead atoms. The second-order valence-electron chi connectivity index (χ2n) is 8.22. The van der Waals surface area contributed by atoms with Gasteiger partial charge in [-0.3, -0.25) is 5.01 Å². The molecule has 1 aromatic carbocycles. The van der Waals surface area contributed by atoms with Gasteiger partial charge in [-0.1, -0.05) is 0 Å². The number of amidine groups is 1. The van der Waals surface area contributed by atoms with Gasteiger partial charge in [-0.2, -0.15) is 0 Å². The number of carbonyl (C=O) groups excluding carboxylic acids is 1. The third kappa shape index (κ3) is 4.98. The van der Waals surface area contributed by atoms with E-state index in [2.05, 4.69) is 26.2 Å². The van der Waals surface area contributed by atoms with Crippen LogP contribution >= 0.6 is 0 Å². The van der Waals surface area contributed by atoms with Gasteiger partial charge in [0.05, 0.1) is 4.75 Å². The summed E-state index contributed by atoms with van der Waals surface area (Å²) in [5.74, 6) is 0.752. The van der Waals surface area contributed by atoms with Crippen molar-refractivity contribution in [1.82, 2.24) is 25.7 Å². The Balaban J connectivity index is 1.51. The molecular formula is C18H29N7O3S. The van der Waals surface area contributed by atoms with Crippen LogP contribution in [0.25, 0.3) is 0 Å². The maximum Gasteiger partial charge on any atom is 0.321 e. The van der Waals surface area contributed by atoms with Gasteiger partial charge in [0.2, 0.25) is 10.0 Å². The molecule has 1 aromatic rings. The summed E-state index contributed by atoms with van der Waals surface area (Å²) in [5.41, 5.74) is 7.13. The number of amides is 2. The number of hydrazone groups is 1. The van der Waals surface area contributed by atoms with Crippen LogP contribution in [-0.4, -0.2) is 61.1 Å². The Morgan fingerprint density at radius 1 is 1.17 bits per heavy atom. The Labute approximate surface area is 171 Å². The van der Waals surface area contributed by atoms with Gasteiger partial charge in [-0.15, -0.1) is 10.6 Å². The number of hydrogen-bond donors (Lipinski definition) is 4. The van der Waals surface area contributed by atoms with Gasteiger partial charge in [-0.25, -0.2) is 23.5 Å². The molecule has 0 aliphatic carbocycles. The summed E-state index contributed by atoms with van der Waals surface area (Å²) in [4.78, 5) is 14.2. The largest absolute Gasteiger partial charge is 0.324 e. The first-order chi connectivity index (χ1) is 13.6. The third-order valence-corrected chi connectivity index (χ3v) is 7.26. The molecule has 1 saturated heterocycles. The predicted molar refractivity (Wildman–Crippen MR) is 112 cm³/mol. The average molecular weight is 424 g/mol. The molecule has 1 fully saturated rings. The van der Waals surface area contributed by atoms with E-state index in [-0.39, 0.29) is 12.1 Å². The molecule has 2 aliphatic heterocycles. The first-order valence-electron chi connectivity index (χ1n) is 9.57. The molecule has 29 heavy (non-hydrogen) atoms. The Bertz CT molecular complexity index is 870. The van der Waals surface area contributed by atoms with Crippen LogP contribution in [0.1, 0.15) is 39.2 Å². The smallest absolute Gasteiger partial charge is 0.321 e. The van der Waals surface area contributed by atoms with Gasteiger partial charge in [-0.05, 0) is 57.9 Å². The predicted octanol–water partition coefficient (Wildman–Crippen LogP) is 1.02. The Morgan fingerprint density at radius 3 is 2.31 bits per heavy atom. The zero-order chi connectivity index (χ0) is 21.2. The summed E-state index contributed by atoms with van der Waals surface area (Å²) in [7, 11) is -1.54. The summed E-state index contributed by atoms with van der Waals surface area (Å²) in [5, 5.41) is 8.78. The third-order valence-electron chi connectivity index (χ3n) is 5.00. The van der Waals surface area contributed by atoms with Gasteiger partial charge in [0.15, 0.2) is 5.84 Å². The first kappa shape index (κ1) is 21.3. The molecule has 0 aromatic heterocycles. The Kier molecular flexibility index (Phi) is 6.01. The van der Waals surface area contributed by atoms with E-state index < -0.39 is 14.8 Å². The van der Waals surface area contributed by atoms with Crippen molar-refractivity contribution < 1.29 is 13.2 Å². The number of hydrazine groups is 2. The van der Waals surface area contributed by atoms with Crippen LogP contribution < -0.4 is 21.1 Å². The van der Waals surface area contributed by atoms with Crippen LogP contribution in [0.5, 0.6) is 0 Å². The van der Waals surface area contributed by atoms with Crippen LogP contribution in [-0.2, 0) is 10.0 Å². The van der Waals surface area contributed by atoms with E-state index in [0.29, 0.717) is 31.6 Å². The minimum absolute atomic E-state index is 0.144. The molecule has 2 aliphatic rings. The molecule has 2 amide bonds. The number of carbonyl (C=O) groups is 1. The molecule has 160 valence electrons. The second-order valence-corrected chi connectivity index (χ2v) is 10.7. The molecule has 4 N–H and O–H groups in total. The number of urea groups is 1. The van der Waals surface area contributed by atoms with Crippen molar-refractivity contribution in [3.8, 4) is 0 Å². The van der Waals surface area contributed by atoms with Crippen molar-refractivity contribution in [2.75, 3.05) is 25.5 Å². The van der Waals surface area contributed by atoms with Crippen molar-refractivity contribution in [2.45, 2.75) is 44.4 Å². The zero-order valence-corrected chi connectivity index (χ0v) is 18.0. The number of anilines is 1. The van der Waals surface area contributed by atoms with Crippen molar-refractivity contribution in [2.24, 2.45) is 5.10 Å². The monoisotopic (exact) mass is 423 g/mol. The number of nitrogens with one attached hydrogen (secondary N) is 4. The van der Waals surface area contributed by atoms with Gasteiger partial charge in [0.1, 0.15) is 0 Å². The maximum atomic E-state index is 12.5. The second kappa shape index (κ2) is 8.17. The van der Waals surface area contributed by atoms with E-state index in [1.165, 1.54) is 0 Å². The lowest BCUT2D eigenvalue weighted by atomic mass is 10.1. The number of benzene rings is 1. The number of piperidine rings is 1. The van der Waals surface area contributed by atoms with Crippen molar-refractivity contribution >= 4 is 27.6 Å². The molecule has 0 atom stereocenters. The van der Waals surface area contributed by atoms with Crippen LogP contribution in [0, 0.1) is 0 Å². The lowest BCUT2D eigenvalue weighted by Gasteiger charge is -2.33. The van der Waals surface area contributed by atoms with E-state index in [4.69, 9.17) is 0 Å². The minimum atomic E-state index is -3.39. The van der Waals surface area contributed by atoms with Gasteiger partial charge in [0.25, 0.3) is 0 Å². The lowest BCUT2D eigenvalue weighted by Crippen LogP contribution is -2.50. The molecule has 11 heteroatoms. The molecule has 3 rings (SSSR count).